The van der Waals surface area contributed by atoms with E-state index in [1.165, 1.54) is 0 Å². The minimum Gasteiger partial charge on any atom is -0.366 e. The van der Waals surface area contributed by atoms with Gasteiger partial charge < -0.3 is 14.2 Å². The van der Waals surface area contributed by atoms with Crippen molar-refractivity contribution in [2.45, 2.75) is 37.9 Å². The van der Waals surface area contributed by atoms with Crippen molar-refractivity contribution in [2.75, 3.05) is 6.61 Å². The molecule has 0 amide bonds. The molecular weight excluding hydrogens is 368 g/mol. The van der Waals surface area contributed by atoms with Crippen molar-refractivity contribution >= 4 is 22.2 Å². The lowest BCUT2D eigenvalue weighted by molar-refractivity contribution is -0.175. The van der Waals surface area contributed by atoms with Gasteiger partial charge in [-0.2, -0.15) is 5.10 Å². The summed E-state index contributed by atoms with van der Waals surface area (Å²) in [6, 6.07) is 17.8. The normalized spacial score (nSPS) is 25.7. The van der Waals surface area contributed by atoms with Gasteiger partial charge in [-0.25, -0.2) is 14.6 Å². The van der Waals surface area contributed by atoms with E-state index < -0.39 is 5.79 Å². The van der Waals surface area contributed by atoms with Crippen molar-refractivity contribution in [3.63, 3.8) is 0 Å². The molecule has 4 heterocycles. The second-order valence-corrected chi connectivity index (χ2v) is 7.91. The van der Waals surface area contributed by atoms with E-state index in [1.54, 1.807) is 0 Å². The van der Waals surface area contributed by atoms with Gasteiger partial charge in [0.1, 0.15) is 29.5 Å². The first-order chi connectivity index (χ1) is 14.1. The summed E-state index contributed by atoms with van der Waals surface area (Å²) >= 11 is 0. The van der Waals surface area contributed by atoms with E-state index in [2.05, 4.69) is 0 Å². The molecule has 0 radical (unpaired) electrons. The van der Waals surface area contributed by atoms with E-state index in [0.717, 1.165) is 27.9 Å². The summed E-state index contributed by atoms with van der Waals surface area (Å²) in [7, 11) is 0. The number of hydrogen-bond acceptors (Lipinski definition) is 6. The van der Waals surface area contributed by atoms with Crippen LogP contribution in [0.2, 0.25) is 0 Å². The number of ether oxygens (including phenoxy) is 3. The average Bonchev–Trinajstić information content (AvgIpc) is 3.36. The molecule has 0 spiro atoms. The van der Waals surface area contributed by atoms with Gasteiger partial charge in [-0.05, 0) is 38.1 Å². The van der Waals surface area contributed by atoms with Crippen molar-refractivity contribution in [2.24, 2.45) is 0 Å². The molecule has 2 aliphatic rings. The minimum absolute atomic E-state index is 0.111. The SMILES string of the molecule is CC1(C)OC2COC(c3nn(-c4ccccc4)c4nc5ccccc5nc34)C2O1. The molecule has 2 aliphatic heterocycles. The van der Waals surface area contributed by atoms with Crippen LogP contribution >= 0.6 is 0 Å². The van der Waals surface area contributed by atoms with E-state index in [0.29, 0.717) is 12.3 Å². The molecular formula is C22H20N4O3. The molecule has 4 aromatic rings. The summed E-state index contributed by atoms with van der Waals surface area (Å²) in [5.74, 6) is -0.631. The molecule has 3 unspecified atom stereocenters. The van der Waals surface area contributed by atoms with E-state index >= 15 is 0 Å². The molecule has 0 saturated carbocycles. The fourth-order valence-corrected chi connectivity index (χ4v) is 4.23. The molecule has 2 aromatic carbocycles. The van der Waals surface area contributed by atoms with Crippen molar-refractivity contribution in [3.8, 4) is 5.69 Å². The number of hydrogen-bond donors (Lipinski definition) is 0. The molecule has 7 nitrogen and oxygen atoms in total. The van der Waals surface area contributed by atoms with Gasteiger partial charge in [0.2, 0.25) is 0 Å². The second-order valence-electron chi connectivity index (χ2n) is 7.91. The highest BCUT2D eigenvalue weighted by atomic mass is 16.8. The van der Waals surface area contributed by atoms with Crippen LogP contribution in [0.25, 0.3) is 27.9 Å². The lowest BCUT2D eigenvalue weighted by atomic mass is 10.1. The molecule has 6 rings (SSSR count). The molecule has 0 aliphatic carbocycles. The molecule has 2 aromatic heterocycles. The number of nitrogens with zero attached hydrogens (tertiary/aromatic N) is 4. The van der Waals surface area contributed by atoms with Crippen LogP contribution in [0.5, 0.6) is 0 Å². The van der Waals surface area contributed by atoms with Crippen LogP contribution in [0, 0.1) is 0 Å². The Bertz CT molecular complexity index is 1220. The smallest absolute Gasteiger partial charge is 0.182 e. The molecule has 0 bridgehead atoms. The zero-order valence-corrected chi connectivity index (χ0v) is 16.1. The predicted molar refractivity (Wildman–Crippen MR) is 107 cm³/mol. The summed E-state index contributed by atoms with van der Waals surface area (Å²) in [5, 5.41) is 4.90. The van der Waals surface area contributed by atoms with Crippen molar-refractivity contribution < 1.29 is 14.2 Å². The Balaban J connectivity index is 1.57. The average molecular weight is 388 g/mol. The Kier molecular flexibility index (Phi) is 3.56. The van der Waals surface area contributed by atoms with E-state index in [1.807, 2.05) is 73.1 Å². The van der Waals surface area contributed by atoms with Gasteiger partial charge in [-0.1, -0.05) is 30.3 Å². The Hall–Kier alpha value is -2.87. The van der Waals surface area contributed by atoms with Crippen LogP contribution in [0.3, 0.4) is 0 Å². The van der Waals surface area contributed by atoms with E-state index in [9.17, 15) is 0 Å². The third kappa shape index (κ3) is 2.66. The van der Waals surface area contributed by atoms with Crippen LogP contribution in [-0.2, 0) is 14.2 Å². The summed E-state index contributed by atoms with van der Waals surface area (Å²) in [4.78, 5) is 9.77. The number of para-hydroxylation sites is 3. The molecule has 0 N–H and O–H groups in total. The minimum atomic E-state index is -0.631. The van der Waals surface area contributed by atoms with Crippen molar-refractivity contribution in [1.82, 2.24) is 19.7 Å². The maximum absolute atomic E-state index is 6.15. The number of aromatic nitrogens is 4. The monoisotopic (exact) mass is 388 g/mol. The van der Waals surface area contributed by atoms with Gasteiger partial charge in [0.25, 0.3) is 0 Å². The molecule has 2 saturated heterocycles. The van der Waals surface area contributed by atoms with Crippen LogP contribution in [-0.4, -0.2) is 44.4 Å². The third-order valence-corrected chi connectivity index (χ3v) is 5.43. The summed E-state index contributed by atoms with van der Waals surface area (Å²) in [6.07, 6.45) is -0.689. The number of benzene rings is 2. The highest BCUT2D eigenvalue weighted by Crippen LogP contribution is 2.43. The first kappa shape index (κ1) is 17.0. The van der Waals surface area contributed by atoms with Gasteiger partial charge in [0.15, 0.2) is 11.4 Å². The van der Waals surface area contributed by atoms with Gasteiger partial charge in [-0.15, -0.1) is 0 Å². The quantitative estimate of drug-likeness (QED) is 0.523. The van der Waals surface area contributed by atoms with Crippen LogP contribution in [0.4, 0.5) is 0 Å². The third-order valence-electron chi connectivity index (χ3n) is 5.43. The Morgan fingerprint density at radius 2 is 1.66 bits per heavy atom. The van der Waals surface area contributed by atoms with Gasteiger partial charge in [0, 0.05) is 0 Å². The molecule has 2 fully saturated rings. The molecule has 7 heteroatoms. The van der Waals surface area contributed by atoms with E-state index in [-0.39, 0.29) is 18.3 Å². The van der Waals surface area contributed by atoms with Gasteiger partial charge in [-0.3, -0.25) is 0 Å². The van der Waals surface area contributed by atoms with E-state index in [4.69, 9.17) is 29.3 Å². The fraction of sp³-hybridized carbons (Fsp3) is 0.318. The molecule has 146 valence electrons. The number of rotatable bonds is 2. The topological polar surface area (TPSA) is 71.3 Å². The second kappa shape index (κ2) is 6.06. The Labute approximate surface area is 167 Å². The molecule has 29 heavy (non-hydrogen) atoms. The fourth-order valence-electron chi connectivity index (χ4n) is 4.23. The maximum atomic E-state index is 6.15. The zero-order valence-electron chi connectivity index (χ0n) is 16.1. The van der Waals surface area contributed by atoms with Crippen LogP contribution in [0.15, 0.2) is 54.6 Å². The zero-order chi connectivity index (χ0) is 19.6. The summed E-state index contributed by atoms with van der Waals surface area (Å²) in [5.41, 5.74) is 4.74. The standard InChI is InChI=1S/C22H20N4O3/c1-22(2)28-16-12-27-20(19(16)29-22)17-18-21(24-15-11-7-6-10-14(15)23-18)26(25-17)13-8-4-3-5-9-13/h3-11,16,19-20H,12H2,1-2H3. The van der Waals surface area contributed by atoms with Crippen molar-refractivity contribution in [3.05, 3.63) is 60.3 Å². The van der Waals surface area contributed by atoms with Crippen LogP contribution < -0.4 is 0 Å². The maximum Gasteiger partial charge on any atom is 0.182 e. The lowest BCUT2D eigenvalue weighted by Crippen LogP contribution is -2.25. The molecule has 3 atom stereocenters. The highest BCUT2D eigenvalue weighted by Gasteiger charge is 2.52. The van der Waals surface area contributed by atoms with Crippen LogP contribution in [0.1, 0.15) is 25.6 Å². The summed E-state index contributed by atoms with van der Waals surface area (Å²) in [6.45, 7) is 4.33. The Morgan fingerprint density at radius 1 is 0.931 bits per heavy atom. The first-order valence-corrected chi connectivity index (χ1v) is 9.77. The first-order valence-electron chi connectivity index (χ1n) is 9.77. The highest BCUT2D eigenvalue weighted by molar-refractivity contribution is 5.86. The van der Waals surface area contributed by atoms with Gasteiger partial charge >= 0.3 is 0 Å². The lowest BCUT2D eigenvalue weighted by Gasteiger charge is -2.20. The summed E-state index contributed by atoms with van der Waals surface area (Å²) < 4.78 is 20.0. The number of fused-ring (bicyclic) bond motifs is 3. The largest absolute Gasteiger partial charge is 0.366 e. The predicted octanol–water partition coefficient (Wildman–Crippen LogP) is 3.56. The van der Waals surface area contributed by atoms with Crippen molar-refractivity contribution in [1.29, 1.82) is 0 Å². The Morgan fingerprint density at radius 3 is 2.45 bits per heavy atom. The van der Waals surface area contributed by atoms with Gasteiger partial charge in [0.05, 0.1) is 23.3 Å².